The van der Waals surface area contributed by atoms with Crippen molar-refractivity contribution >= 4 is 17.2 Å². The van der Waals surface area contributed by atoms with Crippen LogP contribution in [0.25, 0.3) is 5.57 Å². The zero-order valence-corrected chi connectivity index (χ0v) is 6.69. The van der Waals surface area contributed by atoms with Gasteiger partial charge in [-0.3, -0.25) is 0 Å². The van der Waals surface area contributed by atoms with E-state index in [9.17, 15) is 0 Å². The van der Waals surface area contributed by atoms with Crippen molar-refractivity contribution in [3.05, 3.63) is 35.4 Å². The van der Waals surface area contributed by atoms with Gasteiger partial charge in [-0.05, 0) is 23.8 Å². The second-order valence-electron chi connectivity index (χ2n) is 2.53. The van der Waals surface area contributed by atoms with Gasteiger partial charge in [-0.1, -0.05) is 18.2 Å². The maximum Gasteiger partial charge on any atom is 0.127 e. The van der Waals surface area contributed by atoms with Crippen LogP contribution in [0, 0.1) is 0 Å². The first-order valence-electron chi connectivity index (χ1n) is 3.38. The molecule has 2 heteroatoms. The number of rotatable bonds is 0. The molecule has 0 amide bonds. The summed E-state index contributed by atoms with van der Waals surface area (Å²) in [6.45, 7) is 4.45. The average Bonchev–Trinajstić information content (AvgIpc) is 2.33. The van der Waals surface area contributed by atoms with Gasteiger partial charge in [0, 0.05) is 10.6 Å². The van der Waals surface area contributed by atoms with Crippen LogP contribution in [0.5, 0.6) is 5.75 Å². The third-order valence-corrected chi connectivity index (χ3v) is 1.96. The first-order chi connectivity index (χ1) is 5.27. The second-order valence-corrected chi connectivity index (χ2v) is 2.97. The van der Waals surface area contributed by atoms with Crippen LogP contribution in [0.2, 0.25) is 5.02 Å². The fraction of sp³-hybridized carbons (Fsp3) is 0.111. The van der Waals surface area contributed by atoms with Crippen LogP contribution >= 0.6 is 11.6 Å². The van der Waals surface area contributed by atoms with E-state index in [1.54, 1.807) is 0 Å². The van der Waals surface area contributed by atoms with Crippen LogP contribution in [0.4, 0.5) is 0 Å². The third kappa shape index (κ3) is 1.02. The Hall–Kier alpha value is -0.950. The topological polar surface area (TPSA) is 9.23 Å². The van der Waals surface area contributed by atoms with Gasteiger partial charge in [0.25, 0.3) is 0 Å². The lowest BCUT2D eigenvalue weighted by molar-refractivity contribution is 0.388. The van der Waals surface area contributed by atoms with Crippen LogP contribution in [0.3, 0.4) is 0 Å². The van der Waals surface area contributed by atoms with Crippen molar-refractivity contribution in [1.29, 1.82) is 0 Å². The minimum Gasteiger partial charge on any atom is -0.488 e. The fourth-order valence-corrected chi connectivity index (χ4v) is 1.32. The van der Waals surface area contributed by atoms with Crippen LogP contribution in [0.1, 0.15) is 5.56 Å². The Labute approximate surface area is 70.2 Å². The van der Waals surface area contributed by atoms with Gasteiger partial charge in [-0.2, -0.15) is 0 Å². The molecule has 0 aliphatic carbocycles. The summed E-state index contributed by atoms with van der Waals surface area (Å²) in [5, 5.41) is 0.732. The molecular weight excluding hydrogens is 160 g/mol. The zero-order chi connectivity index (χ0) is 7.84. The highest BCUT2D eigenvalue weighted by Crippen LogP contribution is 2.33. The number of ether oxygens (including phenoxy) is 1. The monoisotopic (exact) mass is 166 g/mol. The molecule has 1 aliphatic rings. The van der Waals surface area contributed by atoms with Gasteiger partial charge in [-0.25, -0.2) is 0 Å². The van der Waals surface area contributed by atoms with Gasteiger partial charge < -0.3 is 4.74 Å². The van der Waals surface area contributed by atoms with Crippen LogP contribution < -0.4 is 4.74 Å². The fourth-order valence-electron chi connectivity index (χ4n) is 1.15. The summed E-state index contributed by atoms with van der Waals surface area (Å²) in [6.07, 6.45) is 0. The largest absolute Gasteiger partial charge is 0.488 e. The molecule has 11 heavy (non-hydrogen) atoms. The summed E-state index contributed by atoms with van der Waals surface area (Å²) < 4.78 is 5.31. The number of halogens is 1. The summed E-state index contributed by atoms with van der Waals surface area (Å²) >= 11 is 5.79. The summed E-state index contributed by atoms with van der Waals surface area (Å²) in [4.78, 5) is 0. The highest BCUT2D eigenvalue weighted by molar-refractivity contribution is 6.30. The summed E-state index contributed by atoms with van der Waals surface area (Å²) in [7, 11) is 0. The average molecular weight is 167 g/mol. The van der Waals surface area contributed by atoms with Crippen molar-refractivity contribution < 1.29 is 4.74 Å². The van der Waals surface area contributed by atoms with Crippen LogP contribution in [-0.4, -0.2) is 6.61 Å². The van der Waals surface area contributed by atoms with E-state index in [0.717, 1.165) is 21.9 Å². The van der Waals surface area contributed by atoms with Gasteiger partial charge in [0.2, 0.25) is 0 Å². The maximum atomic E-state index is 5.79. The lowest BCUT2D eigenvalue weighted by Gasteiger charge is -1.96. The van der Waals surface area contributed by atoms with Crippen molar-refractivity contribution in [3.8, 4) is 5.75 Å². The Morgan fingerprint density at radius 3 is 3.09 bits per heavy atom. The second kappa shape index (κ2) is 2.28. The molecule has 0 N–H and O–H groups in total. The van der Waals surface area contributed by atoms with E-state index < -0.39 is 0 Å². The Bertz CT molecular complexity index is 317. The SMILES string of the molecule is C=C1COc2ccc(Cl)cc21. The standard InChI is InChI=1S/C9H7ClO/c1-6-5-11-9-3-2-7(10)4-8(6)9/h2-4H,1,5H2. The number of hydrogen-bond donors (Lipinski definition) is 0. The van der Waals surface area contributed by atoms with E-state index in [1.165, 1.54) is 0 Å². The van der Waals surface area contributed by atoms with Crippen molar-refractivity contribution in [3.63, 3.8) is 0 Å². The van der Waals surface area contributed by atoms with E-state index in [2.05, 4.69) is 6.58 Å². The van der Waals surface area contributed by atoms with Gasteiger partial charge in [0.15, 0.2) is 0 Å². The summed E-state index contributed by atoms with van der Waals surface area (Å²) in [5.74, 6) is 0.888. The number of fused-ring (bicyclic) bond motifs is 1. The molecule has 0 radical (unpaired) electrons. The molecule has 1 aromatic rings. The molecule has 0 atom stereocenters. The first-order valence-corrected chi connectivity index (χ1v) is 3.75. The van der Waals surface area contributed by atoms with Crippen molar-refractivity contribution in [2.45, 2.75) is 0 Å². The van der Waals surface area contributed by atoms with Crippen molar-refractivity contribution in [2.75, 3.05) is 6.61 Å². The Morgan fingerprint density at radius 1 is 1.45 bits per heavy atom. The smallest absolute Gasteiger partial charge is 0.127 e. The summed E-state index contributed by atoms with van der Waals surface area (Å²) in [6, 6.07) is 5.57. The quantitative estimate of drug-likeness (QED) is 0.576. The molecule has 1 nitrogen and oxygen atoms in total. The van der Waals surface area contributed by atoms with Gasteiger partial charge in [0.05, 0.1) is 0 Å². The molecule has 0 spiro atoms. The minimum absolute atomic E-state index is 0.593. The van der Waals surface area contributed by atoms with Gasteiger partial charge in [0.1, 0.15) is 12.4 Å². The molecule has 0 bridgehead atoms. The van der Waals surface area contributed by atoms with Crippen molar-refractivity contribution in [2.24, 2.45) is 0 Å². The Balaban J connectivity index is 2.60. The van der Waals surface area contributed by atoms with E-state index in [1.807, 2.05) is 18.2 Å². The van der Waals surface area contributed by atoms with E-state index in [4.69, 9.17) is 16.3 Å². The number of hydrogen-bond acceptors (Lipinski definition) is 1. The van der Waals surface area contributed by atoms with E-state index in [-0.39, 0.29) is 0 Å². The lowest BCUT2D eigenvalue weighted by Crippen LogP contribution is -1.84. The molecule has 0 unspecified atom stereocenters. The highest BCUT2D eigenvalue weighted by Gasteiger charge is 2.15. The molecule has 1 heterocycles. The summed E-state index contributed by atoms with van der Waals surface area (Å²) in [5.41, 5.74) is 2.04. The third-order valence-electron chi connectivity index (χ3n) is 1.72. The first kappa shape index (κ1) is 6.74. The highest BCUT2D eigenvalue weighted by atomic mass is 35.5. The normalized spacial score (nSPS) is 14.5. The molecular formula is C9H7ClO. The van der Waals surface area contributed by atoms with E-state index in [0.29, 0.717) is 6.61 Å². The molecule has 56 valence electrons. The molecule has 2 rings (SSSR count). The van der Waals surface area contributed by atoms with E-state index >= 15 is 0 Å². The Morgan fingerprint density at radius 2 is 2.27 bits per heavy atom. The molecule has 0 saturated carbocycles. The predicted molar refractivity (Wildman–Crippen MR) is 46.0 cm³/mol. The molecule has 0 saturated heterocycles. The van der Waals surface area contributed by atoms with Gasteiger partial charge >= 0.3 is 0 Å². The lowest BCUT2D eigenvalue weighted by atomic mass is 10.1. The maximum absolute atomic E-state index is 5.79. The Kier molecular flexibility index (Phi) is 1.40. The molecule has 0 aromatic heterocycles. The number of benzene rings is 1. The molecule has 0 fully saturated rings. The minimum atomic E-state index is 0.593. The van der Waals surface area contributed by atoms with Gasteiger partial charge in [-0.15, -0.1) is 0 Å². The molecule has 1 aromatic carbocycles. The zero-order valence-electron chi connectivity index (χ0n) is 5.93. The van der Waals surface area contributed by atoms with Crippen molar-refractivity contribution in [1.82, 2.24) is 0 Å². The van der Waals surface area contributed by atoms with Crippen LogP contribution in [-0.2, 0) is 0 Å². The van der Waals surface area contributed by atoms with Crippen LogP contribution in [0.15, 0.2) is 24.8 Å². The molecule has 1 aliphatic heterocycles. The predicted octanol–water partition coefficient (Wildman–Crippen LogP) is 2.75.